The Hall–Kier alpha value is -2.87. The van der Waals surface area contributed by atoms with Crippen LogP contribution in [0.2, 0.25) is 5.02 Å². The number of ether oxygens (including phenoxy) is 1. The van der Waals surface area contributed by atoms with E-state index >= 15 is 0 Å². The number of aliphatic imine (C=N–C) groups is 1. The van der Waals surface area contributed by atoms with Crippen LogP contribution in [0.3, 0.4) is 0 Å². The van der Waals surface area contributed by atoms with Gasteiger partial charge in [0.25, 0.3) is 0 Å². The first-order valence-electron chi connectivity index (χ1n) is 8.80. The number of benzene rings is 1. The highest BCUT2D eigenvalue weighted by Gasteiger charge is 2.33. The molecular formula is C20H17ClF3N3O2. The van der Waals surface area contributed by atoms with Crippen molar-refractivity contribution < 1.29 is 22.7 Å². The molecule has 1 N–H and O–H groups in total. The molecule has 0 fully saturated rings. The van der Waals surface area contributed by atoms with Crippen molar-refractivity contribution >= 4 is 23.4 Å². The maximum Gasteiger partial charge on any atom is 0.338 e. The second kappa shape index (κ2) is 8.65. The fourth-order valence-electron chi connectivity index (χ4n) is 2.87. The highest BCUT2D eigenvalue weighted by atomic mass is 35.5. The Kier molecular flexibility index (Phi) is 6.22. The van der Waals surface area contributed by atoms with Crippen LogP contribution in [0.15, 0.2) is 46.7 Å². The highest BCUT2D eigenvalue weighted by Crippen LogP contribution is 2.36. The van der Waals surface area contributed by atoms with E-state index in [1.807, 2.05) is 6.92 Å². The molecule has 1 aromatic heterocycles. The first-order valence-corrected chi connectivity index (χ1v) is 9.18. The van der Waals surface area contributed by atoms with Crippen LogP contribution in [0.4, 0.5) is 13.2 Å². The Morgan fingerprint density at radius 1 is 1.24 bits per heavy atom. The molecule has 152 valence electrons. The minimum absolute atomic E-state index is 0.0163. The molecule has 0 amide bonds. The lowest BCUT2D eigenvalue weighted by atomic mass is 9.95. The maximum absolute atomic E-state index is 14.2. The first-order chi connectivity index (χ1) is 13.8. The summed E-state index contributed by atoms with van der Waals surface area (Å²) >= 11 is 6.19. The van der Waals surface area contributed by atoms with Gasteiger partial charge in [-0.15, -0.1) is 0 Å². The van der Waals surface area contributed by atoms with E-state index < -0.39 is 29.5 Å². The van der Waals surface area contributed by atoms with Gasteiger partial charge in [-0.3, -0.25) is 4.99 Å². The molecule has 0 bridgehead atoms. The largest absolute Gasteiger partial charge is 0.462 e. The number of esters is 1. The average molecular weight is 424 g/mol. The van der Waals surface area contributed by atoms with Crippen molar-refractivity contribution in [3.63, 3.8) is 0 Å². The number of amidine groups is 1. The summed E-state index contributed by atoms with van der Waals surface area (Å²) in [4.78, 5) is 20.8. The van der Waals surface area contributed by atoms with Gasteiger partial charge in [0.15, 0.2) is 11.7 Å². The summed E-state index contributed by atoms with van der Waals surface area (Å²) in [6.45, 7) is 3.63. The van der Waals surface area contributed by atoms with E-state index in [9.17, 15) is 18.0 Å². The van der Waals surface area contributed by atoms with E-state index in [1.165, 1.54) is 12.1 Å². The van der Waals surface area contributed by atoms with E-state index in [0.717, 1.165) is 12.3 Å². The van der Waals surface area contributed by atoms with Crippen LogP contribution < -0.4 is 5.32 Å². The molecule has 2 heterocycles. The normalized spacial score (nSPS) is 16.3. The number of pyridine rings is 1. The average Bonchev–Trinajstić information content (AvgIpc) is 2.65. The topological polar surface area (TPSA) is 63.6 Å². The number of carbonyl (C=O) groups excluding carboxylic acids is 1. The fourth-order valence-corrected chi connectivity index (χ4v) is 3.14. The maximum atomic E-state index is 14.2. The zero-order valence-electron chi connectivity index (χ0n) is 15.6. The molecule has 1 aliphatic rings. The Bertz CT molecular complexity index is 1020. The monoisotopic (exact) mass is 423 g/mol. The molecule has 2 aromatic rings. The predicted molar refractivity (Wildman–Crippen MR) is 102 cm³/mol. The summed E-state index contributed by atoms with van der Waals surface area (Å²) < 4.78 is 46.2. The molecule has 0 saturated heterocycles. The first kappa shape index (κ1) is 20.9. The number of nitrogens with one attached hydrogen (secondary N) is 1. The number of halogens is 4. The Balaban J connectivity index is 2.12. The fraction of sp³-hybridized carbons (Fsp3) is 0.250. The van der Waals surface area contributed by atoms with Gasteiger partial charge < -0.3 is 10.1 Å². The van der Waals surface area contributed by atoms with Gasteiger partial charge in [0.05, 0.1) is 18.4 Å². The van der Waals surface area contributed by atoms with Crippen molar-refractivity contribution in [2.75, 3.05) is 6.61 Å². The van der Waals surface area contributed by atoms with Gasteiger partial charge in [-0.05, 0) is 25.5 Å². The van der Waals surface area contributed by atoms with Crippen molar-refractivity contribution in [2.24, 2.45) is 4.99 Å². The van der Waals surface area contributed by atoms with Crippen molar-refractivity contribution in [2.45, 2.75) is 26.3 Å². The molecule has 0 aliphatic carbocycles. The standard InChI is InChI=1S/C20H17ClF3N3O2/c1-3-6-29-20(28)16-10(2)26-19(18-15(24)8-12(23)9-25-18)27-17(16)13-5-4-11(22)7-14(13)21/h4-5,7-9,17H,3,6H2,1-2H3,(H,26,27)/t17-/m0/s1. The Morgan fingerprint density at radius 3 is 2.66 bits per heavy atom. The smallest absolute Gasteiger partial charge is 0.338 e. The summed E-state index contributed by atoms with van der Waals surface area (Å²) in [5, 5.41) is 2.86. The summed E-state index contributed by atoms with van der Waals surface area (Å²) in [5.41, 5.74) is 0.595. The third-order valence-electron chi connectivity index (χ3n) is 4.19. The molecule has 1 aromatic carbocycles. The Labute approximate surface area is 170 Å². The SMILES string of the molecule is CCCOC(=O)C1=C(C)NC(c2ncc(F)cc2F)=N[C@H]1c1ccc(F)cc1Cl. The zero-order chi connectivity index (χ0) is 21.1. The van der Waals surface area contributed by atoms with Crippen molar-refractivity contribution in [3.05, 3.63) is 75.5 Å². The summed E-state index contributed by atoms with van der Waals surface area (Å²) in [6, 6.07) is 3.35. The second-order valence-corrected chi connectivity index (χ2v) is 6.74. The zero-order valence-corrected chi connectivity index (χ0v) is 16.4. The molecular weight excluding hydrogens is 407 g/mol. The summed E-state index contributed by atoms with van der Waals surface area (Å²) in [6.07, 6.45) is 1.47. The second-order valence-electron chi connectivity index (χ2n) is 6.33. The molecule has 0 saturated carbocycles. The minimum atomic E-state index is -0.991. The van der Waals surface area contributed by atoms with Gasteiger partial charge in [-0.25, -0.2) is 22.9 Å². The van der Waals surface area contributed by atoms with Crippen molar-refractivity contribution in [3.8, 4) is 0 Å². The number of hydrogen-bond donors (Lipinski definition) is 1. The highest BCUT2D eigenvalue weighted by molar-refractivity contribution is 6.31. The minimum Gasteiger partial charge on any atom is -0.462 e. The van der Waals surface area contributed by atoms with Crippen molar-refractivity contribution in [1.29, 1.82) is 0 Å². The van der Waals surface area contributed by atoms with E-state index in [1.54, 1.807) is 6.92 Å². The lowest BCUT2D eigenvalue weighted by Crippen LogP contribution is -2.34. The van der Waals surface area contributed by atoms with Crippen LogP contribution in [0.25, 0.3) is 0 Å². The molecule has 0 spiro atoms. The van der Waals surface area contributed by atoms with Crippen LogP contribution in [0.1, 0.15) is 37.6 Å². The Morgan fingerprint density at radius 2 is 2.00 bits per heavy atom. The lowest BCUT2D eigenvalue weighted by Gasteiger charge is -2.26. The number of hydrogen-bond acceptors (Lipinski definition) is 5. The molecule has 1 atom stereocenters. The van der Waals surface area contributed by atoms with Gasteiger partial charge >= 0.3 is 5.97 Å². The van der Waals surface area contributed by atoms with Gasteiger partial charge in [-0.1, -0.05) is 24.6 Å². The number of carbonyl (C=O) groups is 1. The van der Waals surface area contributed by atoms with Gasteiger partial charge in [0.1, 0.15) is 23.4 Å². The molecule has 5 nitrogen and oxygen atoms in total. The summed E-state index contributed by atoms with van der Waals surface area (Å²) in [5.74, 6) is -2.96. The third kappa shape index (κ3) is 4.42. The molecule has 3 rings (SSSR count). The van der Waals surface area contributed by atoms with E-state index in [0.29, 0.717) is 23.7 Å². The molecule has 29 heavy (non-hydrogen) atoms. The molecule has 0 unspecified atom stereocenters. The number of aromatic nitrogens is 1. The van der Waals surface area contributed by atoms with Crippen LogP contribution in [0.5, 0.6) is 0 Å². The predicted octanol–water partition coefficient (Wildman–Crippen LogP) is 4.47. The third-order valence-corrected chi connectivity index (χ3v) is 4.52. The van der Waals surface area contributed by atoms with Crippen molar-refractivity contribution in [1.82, 2.24) is 10.3 Å². The van der Waals surface area contributed by atoms with Crippen LogP contribution >= 0.6 is 11.6 Å². The molecule has 9 heteroatoms. The van der Waals surface area contributed by atoms with Gasteiger partial charge in [0, 0.05) is 22.3 Å². The van der Waals surface area contributed by atoms with E-state index in [-0.39, 0.29) is 28.7 Å². The molecule has 1 aliphatic heterocycles. The number of nitrogens with zero attached hydrogens (tertiary/aromatic N) is 2. The quantitative estimate of drug-likeness (QED) is 0.721. The number of allylic oxidation sites excluding steroid dienone is 1. The van der Waals surface area contributed by atoms with Crippen LogP contribution in [0, 0.1) is 17.5 Å². The van der Waals surface area contributed by atoms with Gasteiger partial charge in [-0.2, -0.15) is 0 Å². The van der Waals surface area contributed by atoms with E-state index in [2.05, 4.69) is 15.3 Å². The molecule has 0 radical (unpaired) electrons. The lowest BCUT2D eigenvalue weighted by molar-refractivity contribution is -0.139. The van der Waals surface area contributed by atoms with Crippen LogP contribution in [-0.4, -0.2) is 23.4 Å². The number of rotatable bonds is 5. The summed E-state index contributed by atoms with van der Waals surface area (Å²) in [7, 11) is 0. The van der Waals surface area contributed by atoms with Gasteiger partial charge in [0.2, 0.25) is 0 Å². The van der Waals surface area contributed by atoms with E-state index in [4.69, 9.17) is 16.3 Å². The van der Waals surface area contributed by atoms with Crippen LogP contribution in [-0.2, 0) is 9.53 Å².